The Morgan fingerprint density at radius 3 is 2.67 bits per heavy atom. The standard InChI is InChI=1S/C29H48ClN3O3/c1-31-21-27(19-23-11-5-4-6-12-23)32-28(34)33-17-10-14-25(22-33)29(36-3,16-7-8-18-35-2)24-13-9-15-26(30)20-24/h9,13,15,20,23,25,27,31H,4-8,10-12,14,16-19,21-22H2,1-3H3,(H,32,34)/t25-,27?,29-/m1/s1. The first kappa shape index (κ1) is 29.2. The Bertz CT molecular complexity index is 789. The van der Waals surface area contributed by atoms with Gasteiger partial charge in [-0.25, -0.2) is 4.79 Å². The summed E-state index contributed by atoms with van der Waals surface area (Å²) < 4.78 is 11.7. The Morgan fingerprint density at radius 1 is 1.17 bits per heavy atom. The summed E-state index contributed by atoms with van der Waals surface area (Å²) in [6, 6.07) is 8.30. The Kier molecular flexibility index (Phi) is 12.3. The van der Waals surface area contributed by atoms with Gasteiger partial charge in [0.15, 0.2) is 0 Å². The first-order valence-corrected chi connectivity index (χ1v) is 14.4. The lowest BCUT2D eigenvalue weighted by molar-refractivity contribution is -0.0895. The van der Waals surface area contributed by atoms with E-state index >= 15 is 0 Å². The average molecular weight is 522 g/mol. The van der Waals surface area contributed by atoms with Crippen molar-refractivity contribution in [2.24, 2.45) is 11.8 Å². The minimum absolute atomic E-state index is 0.0613. The summed E-state index contributed by atoms with van der Waals surface area (Å²) in [4.78, 5) is 15.5. The second kappa shape index (κ2) is 15.2. The van der Waals surface area contributed by atoms with Crippen LogP contribution in [0.5, 0.6) is 0 Å². The topological polar surface area (TPSA) is 62.8 Å². The number of nitrogens with zero attached hydrogens (tertiary/aromatic N) is 1. The van der Waals surface area contributed by atoms with Crippen LogP contribution in [0.15, 0.2) is 24.3 Å². The van der Waals surface area contributed by atoms with E-state index in [1.807, 2.05) is 37.3 Å². The first-order valence-electron chi connectivity index (χ1n) is 14.0. The number of hydrogen-bond acceptors (Lipinski definition) is 4. The number of methoxy groups -OCH3 is 2. The molecule has 1 saturated heterocycles. The summed E-state index contributed by atoms with van der Waals surface area (Å²) in [5.74, 6) is 0.923. The van der Waals surface area contributed by atoms with Crippen LogP contribution in [0.1, 0.15) is 76.2 Å². The molecule has 3 rings (SSSR count). The van der Waals surface area contributed by atoms with Gasteiger partial charge in [-0.1, -0.05) is 55.8 Å². The molecule has 6 nitrogen and oxygen atoms in total. The van der Waals surface area contributed by atoms with Crippen LogP contribution in [0.3, 0.4) is 0 Å². The molecule has 0 radical (unpaired) electrons. The van der Waals surface area contributed by atoms with Gasteiger partial charge >= 0.3 is 6.03 Å². The molecule has 1 aliphatic heterocycles. The van der Waals surface area contributed by atoms with E-state index in [-0.39, 0.29) is 18.0 Å². The van der Waals surface area contributed by atoms with Crippen LogP contribution >= 0.6 is 11.6 Å². The van der Waals surface area contributed by atoms with Gasteiger partial charge in [0.25, 0.3) is 0 Å². The predicted molar refractivity (Wildman–Crippen MR) is 148 cm³/mol. The fraction of sp³-hybridized carbons (Fsp3) is 0.759. The van der Waals surface area contributed by atoms with E-state index in [4.69, 9.17) is 21.1 Å². The summed E-state index contributed by atoms with van der Waals surface area (Å²) in [5.41, 5.74) is 0.622. The molecular formula is C29H48ClN3O3. The monoisotopic (exact) mass is 521 g/mol. The van der Waals surface area contributed by atoms with Crippen molar-refractivity contribution in [3.05, 3.63) is 34.9 Å². The molecule has 1 aliphatic carbocycles. The normalized spacial score (nSPS) is 21.7. The number of urea groups is 1. The molecule has 0 aromatic heterocycles. The summed E-state index contributed by atoms with van der Waals surface area (Å²) in [5, 5.41) is 7.39. The molecule has 3 atom stereocenters. The zero-order valence-corrected chi connectivity index (χ0v) is 23.5. The number of likely N-dealkylation sites (tertiary alicyclic amines) is 1. The average Bonchev–Trinajstić information content (AvgIpc) is 2.90. The second-order valence-corrected chi connectivity index (χ2v) is 11.2. The third kappa shape index (κ3) is 8.08. The number of hydrogen-bond donors (Lipinski definition) is 2. The molecule has 2 N–H and O–H groups in total. The maximum atomic E-state index is 13.5. The Balaban J connectivity index is 1.72. The van der Waals surface area contributed by atoms with Crippen LogP contribution in [0.2, 0.25) is 5.02 Å². The molecule has 1 saturated carbocycles. The molecule has 7 heteroatoms. The van der Waals surface area contributed by atoms with E-state index in [0.717, 1.165) is 69.7 Å². The number of nitrogens with one attached hydrogen (secondary N) is 2. The van der Waals surface area contributed by atoms with E-state index < -0.39 is 5.60 Å². The number of carbonyl (C=O) groups excluding carboxylic acids is 1. The lowest BCUT2D eigenvalue weighted by Gasteiger charge is -2.45. The Labute approximate surface area is 223 Å². The molecule has 1 heterocycles. The number of piperidine rings is 1. The maximum absolute atomic E-state index is 13.5. The van der Waals surface area contributed by atoms with E-state index in [1.54, 1.807) is 7.11 Å². The first-order chi connectivity index (χ1) is 17.5. The van der Waals surface area contributed by atoms with Gasteiger partial charge in [0.1, 0.15) is 0 Å². The van der Waals surface area contributed by atoms with Crippen LogP contribution < -0.4 is 10.6 Å². The van der Waals surface area contributed by atoms with Crippen molar-refractivity contribution in [1.29, 1.82) is 0 Å². The molecule has 0 spiro atoms. The predicted octanol–water partition coefficient (Wildman–Crippen LogP) is 5.98. The van der Waals surface area contributed by atoms with Gasteiger partial charge < -0.3 is 25.0 Å². The SMILES string of the molecule is CNCC(CC1CCCCC1)NC(=O)N1CCC[C@@H]([C@](CCCCOC)(OC)c2cccc(Cl)c2)C1. The minimum atomic E-state index is -0.482. The van der Waals surface area contributed by atoms with Crippen LogP contribution in [0, 0.1) is 11.8 Å². The molecule has 2 fully saturated rings. The maximum Gasteiger partial charge on any atom is 0.317 e. The van der Waals surface area contributed by atoms with Gasteiger partial charge in [0.05, 0.1) is 5.60 Å². The highest BCUT2D eigenvalue weighted by molar-refractivity contribution is 6.30. The van der Waals surface area contributed by atoms with Gasteiger partial charge in [-0.2, -0.15) is 0 Å². The largest absolute Gasteiger partial charge is 0.385 e. The van der Waals surface area contributed by atoms with Gasteiger partial charge in [0, 0.05) is 57.4 Å². The molecular weight excluding hydrogens is 474 g/mol. The number of carbonyl (C=O) groups is 1. The molecule has 0 bridgehead atoms. The van der Waals surface area contributed by atoms with Crippen molar-refractivity contribution in [2.45, 2.75) is 82.3 Å². The zero-order chi connectivity index (χ0) is 25.8. The smallest absolute Gasteiger partial charge is 0.317 e. The molecule has 1 aromatic carbocycles. The number of halogens is 1. The second-order valence-electron chi connectivity index (χ2n) is 10.8. The highest BCUT2D eigenvalue weighted by atomic mass is 35.5. The van der Waals surface area contributed by atoms with Gasteiger partial charge in [-0.3, -0.25) is 0 Å². The number of amides is 2. The lowest BCUT2D eigenvalue weighted by Crippen LogP contribution is -2.54. The number of ether oxygens (including phenoxy) is 2. The molecule has 204 valence electrons. The summed E-state index contributed by atoms with van der Waals surface area (Å²) in [6.45, 7) is 3.02. The van der Waals surface area contributed by atoms with Gasteiger partial charge in [0.2, 0.25) is 0 Å². The molecule has 2 amide bonds. The minimum Gasteiger partial charge on any atom is -0.385 e. The van der Waals surface area contributed by atoms with E-state index in [1.165, 1.54) is 32.1 Å². The van der Waals surface area contributed by atoms with Crippen molar-refractivity contribution < 1.29 is 14.3 Å². The Morgan fingerprint density at radius 2 is 1.97 bits per heavy atom. The highest BCUT2D eigenvalue weighted by Gasteiger charge is 2.43. The van der Waals surface area contributed by atoms with Crippen molar-refractivity contribution in [3.63, 3.8) is 0 Å². The zero-order valence-electron chi connectivity index (χ0n) is 22.7. The number of likely N-dealkylation sites (N-methyl/N-ethyl adjacent to an activating group) is 1. The lowest BCUT2D eigenvalue weighted by atomic mass is 9.74. The van der Waals surface area contributed by atoms with E-state index in [2.05, 4.69) is 16.7 Å². The van der Waals surface area contributed by atoms with E-state index in [9.17, 15) is 4.79 Å². The number of unbranched alkanes of at least 4 members (excludes halogenated alkanes) is 1. The van der Waals surface area contributed by atoms with Crippen molar-refractivity contribution in [3.8, 4) is 0 Å². The van der Waals surface area contributed by atoms with Crippen molar-refractivity contribution in [1.82, 2.24) is 15.5 Å². The highest BCUT2D eigenvalue weighted by Crippen LogP contribution is 2.43. The summed E-state index contributed by atoms with van der Waals surface area (Å²) in [7, 11) is 5.52. The van der Waals surface area contributed by atoms with Crippen LogP contribution in [-0.2, 0) is 15.1 Å². The van der Waals surface area contributed by atoms with Crippen LogP contribution in [0.25, 0.3) is 0 Å². The molecule has 36 heavy (non-hydrogen) atoms. The molecule has 1 aromatic rings. The third-order valence-electron chi connectivity index (χ3n) is 8.31. The van der Waals surface area contributed by atoms with Gasteiger partial charge in [-0.05, 0) is 69.2 Å². The quantitative estimate of drug-likeness (QED) is 0.313. The van der Waals surface area contributed by atoms with Gasteiger partial charge in [-0.15, -0.1) is 0 Å². The van der Waals surface area contributed by atoms with Crippen molar-refractivity contribution >= 4 is 17.6 Å². The van der Waals surface area contributed by atoms with E-state index in [0.29, 0.717) is 11.6 Å². The van der Waals surface area contributed by atoms with Crippen LogP contribution in [0.4, 0.5) is 4.79 Å². The summed E-state index contributed by atoms with van der Waals surface area (Å²) in [6.07, 6.45) is 12.5. The van der Waals surface area contributed by atoms with Crippen molar-refractivity contribution in [2.75, 3.05) is 47.5 Å². The molecule has 1 unspecified atom stereocenters. The summed E-state index contributed by atoms with van der Waals surface area (Å²) >= 11 is 6.42. The number of rotatable bonds is 13. The molecule has 2 aliphatic rings. The van der Waals surface area contributed by atoms with Crippen LogP contribution in [-0.4, -0.2) is 64.5 Å². The fourth-order valence-corrected chi connectivity index (χ4v) is 6.62. The Hall–Kier alpha value is -1.34. The fourth-order valence-electron chi connectivity index (χ4n) is 6.43. The third-order valence-corrected chi connectivity index (χ3v) is 8.55. The number of benzene rings is 1.